The highest BCUT2D eigenvalue weighted by Crippen LogP contribution is 2.31. The third-order valence-electron chi connectivity index (χ3n) is 4.80. The van der Waals surface area contributed by atoms with Crippen LogP contribution in [0.15, 0.2) is 23.1 Å². The minimum Gasteiger partial charge on any atom is -0.506 e. The largest absolute Gasteiger partial charge is 0.506 e. The average Bonchev–Trinajstić information content (AvgIpc) is 3.10. The number of phenols is 1. The van der Waals surface area contributed by atoms with Gasteiger partial charge in [0.25, 0.3) is 0 Å². The van der Waals surface area contributed by atoms with Crippen molar-refractivity contribution in [2.75, 3.05) is 31.6 Å². The van der Waals surface area contributed by atoms with Crippen LogP contribution in [-0.2, 0) is 19.6 Å². The van der Waals surface area contributed by atoms with Crippen LogP contribution in [0.5, 0.6) is 5.75 Å². The van der Waals surface area contributed by atoms with E-state index in [0.717, 1.165) is 25.7 Å². The molecule has 138 valence electrons. The zero-order chi connectivity index (χ0) is 17.9. The van der Waals surface area contributed by atoms with Crippen molar-refractivity contribution in [3.63, 3.8) is 0 Å². The molecule has 0 radical (unpaired) electrons. The molecule has 1 saturated carbocycles. The third-order valence-corrected chi connectivity index (χ3v) is 6.69. The summed E-state index contributed by atoms with van der Waals surface area (Å²) in [6, 6.07) is 3.98. The molecular weight excluding hydrogens is 344 g/mol. The third kappa shape index (κ3) is 4.31. The smallest absolute Gasteiger partial charge is 0.243 e. The number of hydrogen-bond donors (Lipinski definition) is 2. The number of hydrogen-bond acceptors (Lipinski definition) is 5. The number of aromatic hydroxyl groups is 1. The second-order valence-corrected chi connectivity index (χ2v) is 8.54. The second kappa shape index (κ2) is 7.72. The first-order valence-corrected chi connectivity index (χ1v) is 10.1. The molecule has 25 heavy (non-hydrogen) atoms. The number of amides is 1. The number of benzene rings is 1. The number of ether oxygens (including phenoxy) is 1. The Morgan fingerprint density at radius 1 is 1.24 bits per heavy atom. The summed E-state index contributed by atoms with van der Waals surface area (Å²) in [6.45, 7) is 1.32. The maximum Gasteiger partial charge on any atom is 0.243 e. The van der Waals surface area contributed by atoms with E-state index in [1.165, 1.54) is 22.5 Å². The number of nitrogens with one attached hydrogen (secondary N) is 1. The van der Waals surface area contributed by atoms with Gasteiger partial charge >= 0.3 is 0 Å². The lowest BCUT2D eigenvalue weighted by atomic mass is 10.0. The first-order valence-electron chi connectivity index (χ1n) is 8.67. The summed E-state index contributed by atoms with van der Waals surface area (Å²) in [6.07, 6.45) is 4.79. The van der Waals surface area contributed by atoms with Crippen molar-refractivity contribution in [2.45, 2.75) is 37.0 Å². The van der Waals surface area contributed by atoms with Crippen LogP contribution in [-0.4, -0.2) is 50.0 Å². The second-order valence-electron chi connectivity index (χ2n) is 6.60. The Balaban J connectivity index is 1.74. The minimum absolute atomic E-state index is 0.0587. The molecule has 1 heterocycles. The number of nitrogens with zero attached hydrogens (tertiary/aromatic N) is 1. The molecule has 1 aromatic rings. The Morgan fingerprint density at radius 3 is 2.60 bits per heavy atom. The van der Waals surface area contributed by atoms with E-state index in [4.69, 9.17) is 4.74 Å². The summed E-state index contributed by atoms with van der Waals surface area (Å²) in [4.78, 5) is 12.2. The van der Waals surface area contributed by atoms with Crippen LogP contribution >= 0.6 is 0 Å². The van der Waals surface area contributed by atoms with Gasteiger partial charge in [0, 0.05) is 19.5 Å². The zero-order valence-electron chi connectivity index (χ0n) is 14.1. The fraction of sp³-hybridized carbons (Fsp3) is 0.588. The van der Waals surface area contributed by atoms with E-state index in [1.807, 2.05) is 0 Å². The van der Waals surface area contributed by atoms with E-state index < -0.39 is 10.0 Å². The number of phenolic OH excluding ortho intramolecular Hbond substituents is 1. The molecule has 0 bridgehead atoms. The number of carbonyl (C=O) groups is 1. The quantitative estimate of drug-likeness (QED) is 0.774. The molecule has 2 fully saturated rings. The highest BCUT2D eigenvalue weighted by Gasteiger charge is 2.27. The van der Waals surface area contributed by atoms with Gasteiger partial charge in [0.05, 0.1) is 23.8 Å². The van der Waals surface area contributed by atoms with Gasteiger partial charge in [-0.1, -0.05) is 12.8 Å². The fourth-order valence-electron chi connectivity index (χ4n) is 3.39. The average molecular weight is 368 g/mol. The highest BCUT2D eigenvalue weighted by molar-refractivity contribution is 7.89. The molecule has 0 atom stereocenters. The summed E-state index contributed by atoms with van der Waals surface area (Å²) in [5.74, 6) is 0.0474. The molecule has 0 unspecified atom stereocenters. The van der Waals surface area contributed by atoms with Crippen LogP contribution in [0.1, 0.15) is 32.1 Å². The minimum atomic E-state index is -3.67. The lowest BCUT2D eigenvalue weighted by Crippen LogP contribution is -2.40. The maximum atomic E-state index is 12.7. The standard InChI is InChI=1S/C17H24N2O5S/c20-16-6-5-14(25(22,23)19-7-9-24-10-8-19)12-15(16)18-17(21)11-13-3-1-2-4-13/h5-6,12-13,20H,1-4,7-11H2,(H,18,21). The summed E-state index contributed by atoms with van der Waals surface area (Å²) >= 11 is 0. The predicted octanol–water partition coefficient (Wildman–Crippen LogP) is 1.93. The molecule has 2 N–H and O–H groups in total. The van der Waals surface area contributed by atoms with Gasteiger partial charge in [-0.3, -0.25) is 4.79 Å². The first-order chi connectivity index (χ1) is 12.0. The Labute approximate surface area is 148 Å². The summed E-state index contributed by atoms with van der Waals surface area (Å²) in [5, 5.41) is 12.6. The molecule has 3 rings (SSSR count). The van der Waals surface area contributed by atoms with E-state index in [-0.39, 0.29) is 22.2 Å². The molecule has 1 saturated heterocycles. The Hall–Kier alpha value is -1.64. The first kappa shape index (κ1) is 18.2. The number of rotatable bonds is 5. The lowest BCUT2D eigenvalue weighted by Gasteiger charge is -2.26. The van der Waals surface area contributed by atoms with Gasteiger partial charge in [0.1, 0.15) is 5.75 Å². The summed E-state index contributed by atoms with van der Waals surface area (Å²) in [5.41, 5.74) is 0.136. The van der Waals surface area contributed by atoms with Crippen molar-refractivity contribution in [3.05, 3.63) is 18.2 Å². The van der Waals surface area contributed by atoms with Gasteiger partial charge in [-0.25, -0.2) is 8.42 Å². The van der Waals surface area contributed by atoms with Crippen molar-refractivity contribution >= 4 is 21.6 Å². The number of sulfonamides is 1. The Kier molecular flexibility index (Phi) is 5.61. The Morgan fingerprint density at radius 2 is 1.92 bits per heavy atom. The predicted molar refractivity (Wildman–Crippen MR) is 92.9 cm³/mol. The lowest BCUT2D eigenvalue weighted by molar-refractivity contribution is -0.117. The van der Waals surface area contributed by atoms with Gasteiger partial charge in [0.2, 0.25) is 15.9 Å². The SMILES string of the molecule is O=C(CC1CCCC1)Nc1cc(S(=O)(=O)N2CCOCC2)ccc1O. The van der Waals surface area contributed by atoms with E-state index >= 15 is 0 Å². The number of anilines is 1. The van der Waals surface area contributed by atoms with E-state index in [1.54, 1.807) is 0 Å². The summed E-state index contributed by atoms with van der Waals surface area (Å²) < 4.78 is 31.9. The van der Waals surface area contributed by atoms with Crippen LogP contribution in [0.25, 0.3) is 0 Å². The molecule has 7 nitrogen and oxygen atoms in total. The van der Waals surface area contributed by atoms with Crippen LogP contribution in [0.2, 0.25) is 0 Å². The molecule has 1 aromatic carbocycles. The van der Waals surface area contributed by atoms with Gasteiger partial charge < -0.3 is 15.2 Å². The van der Waals surface area contributed by atoms with Gasteiger partial charge in [0.15, 0.2) is 0 Å². The topological polar surface area (TPSA) is 95.9 Å². The van der Waals surface area contributed by atoms with Crippen molar-refractivity contribution < 1.29 is 23.1 Å². The zero-order valence-corrected chi connectivity index (χ0v) is 14.9. The number of carbonyl (C=O) groups excluding carboxylic acids is 1. The van der Waals surface area contributed by atoms with Crippen LogP contribution < -0.4 is 5.32 Å². The maximum absolute atomic E-state index is 12.7. The van der Waals surface area contributed by atoms with E-state index in [0.29, 0.717) is 38.6 Å². The monoisotopic (exact) mass is 368 g/mol. The van der Waals surface area contributed by atoms with E-state index in [9.17, 15) is 18.3 Å². The van der Waals surface area contributed by atoms with Gasteiger partial charge in [-0.2, -0.15) is 4.31 Å². The molecule has 0 spiro atoms. The molecular formula is C17H24N2O5S. The van der Waals surface area contributed by atoms with Crippen molar-refractivity contribution in [1.82, 2.24) is 4.31 Å². The van der Waals surface area contributed by atoms with Crippen molar-refractivity contribution in [1.29, 1.82) is 0 Å². The van der Waals surface area contributed by atoms with Crippen molar-refractivity contribution in [3.8, 4) is 5.75 Å². The molecule has 1 aliphatic carbocycles. The van der Waals surface area contributed by atoms with Crippen LogP contribution in [0.3, 0.4) is 0 Å². The van der Waals surface area contributed by atoms with Gasteiger partial charge in [-0.05, 0) is 37.0 Å². The Bertz CT molecular complexity index is 723. The molecule has 0 aromatic heterocycles. The van der Waals surface area contributed by atoms with Crippen LogP contribution in [0.4, 0.5) is 5.69 Å². The van der Waals surface area contributed by atoms with Crippen molar-refractivity contribution in [2.24, 2.45) is 5.92 Å². The highest BCUT2D eigenvalue weighted by atomic mass is 32.2. The van der Waals surface area contributed by atoms with Crippen LogP contribution in [0, 0.1) is 5.92 Å². The summed E-state index contributed by atoms with van der Waals surface area (Å²) in [7, 11) is -3.67. The van der Waals surface area contributed by atoms with Gasteiger partial charge in [-0.15, -0.1) is 0 Å². The molecule has 1 amide bonds. The molecule has 2 aliphatic rings. The van der Waals surface area contributed by atoms with E-state index in [2.05, 4.69) is 5.32 Å². The number of morpholine rings is 1. The molecule has 8 heteroatoms. The fourth-order valence-corrected chi connectivity index (χ4v) is 4.82. The normalized spacial score (nSPS) is 19.8. The molecule has 1 aliphatic heterocycles.